The maximum Gasteiger partial charge on any atom is 0.237 e. The maximum atomic E-state index is 12.3. The van der Waals surface area contributed by atoms with E-state index in [-0.39, 0.29) is 11.9 Å². The highest BCUT2D eigenvalue weighted by Gasteiger charge is 2.24. The van der Waals surface area contributed by atoms with Gasteiger partial charge in [-0.15, -0.1) is 11.3 Å². The number of fused-ring (bicyclic) bond motifs is 1. The lowest BCUT2D eigenvalue weighted by Gasteiger charge is -2.32. The van der Waals surface area contributed by atoms with Gasteiger partial charge in [-0.25, -0.2) is 4.98 Å². The Morgan fingerprint density at radius 1 is 1.45 bits per heavy atom. The van der Waals surface area contributed by atoms with Gasteiger partial charge in [-0.1, -0.05) is 24.3 Å². The number of nitrogens with two attached hydrogens (primary N) is 1. The number of carbonyl (C=O) groups excluding carboxylic acids is 1. The summed E-state index contributed by atoms with van der Waals surface area (Å²) in [6, 6.07) is 8.29. The van der Waals surface area contributed by atoms with Crippen LogP contribution in [0, 0.1) is 0 Å². The second-order valence-corrected chi connectivity index (χ2v) is 6.45. The molecule has 0 saturated carbocycles. The largest absolute Gasteiger partial charge is 0.375 e. The number of carbonyl (C=O) groups is 1. The molecule has 1 atom stereocenters. The van der Waals surface area contributed by atoms with Gasteiger partial charge in [-0.05, 0) is 24.5 Å². The number of amides is 1. The van der Waals surface area contributed by atoms with Gasteiger partial charge in [0.05, 0.1) is 18.3 Å². The molecule has 0 unspecified atom stereocenters. The van der Waals surface area contributed by atoms with Crippen LogP contribution in [0.5, 0.6) is 0 Å². The molecule has 0 radical (unpaired) electrons. The van der Waals surface area contributed by atoms with Gasteiger partial charge in [0.1, 0.15) is 0 Å². The third-order valence-corrected chi connectivity index (χ3v) is 4.82. The molecule has 1 amide bonds. The number of hydrogen-bond acceptors (Lipinski definition) is 5. The van der Waals surface area contributed by atoms with Crippen molar-refractivity contribution in [1.29, 1.82) is 0 Å². The first-order valence-corrected chi connectivity index (χ1v) is 8.30. The molecule has 116 valence electrons. The van der Waals surface area contributed by atoms with Crippen molar-refractivity contribution < 1.29 is 4.79 Å². The van der Waals surface area contributed by atoms with E-state index < -0.39 is 0 Å². The second-order valence-electron chi connectivity index (χ2n) is 5.56. The molecule has 1 aromatic heterocycles. The Bertz CT molecular complexity index is 670. The standard InChI is InChI=1S/C16H20N4OS/c1-11(15(21)18-8-14-10-22-16(17)19-14)20-7-6-12-4-2-3-5-13(12)9-20/h2-5,10-11H,6-9H2,1H3,(H2,17,19)(H,18,21)/t11-/m0/s1. The fourth-order valence-electron chi connectivity index (χ4n) is 2.74. The van der Waals surface area contributed by atoms with Crippen LogP contribution in [-0.4, -0.2) is 28.4 Å². The number of benzene rings is 1. The maximum absolute atomic E-state index is 12.3. The Hall–Kier alpha value is -1.92. The average molecular weight is 316 g/mol. The highest BCUT2D eigenvalue weighted by molar-refractivity contribution is 7.13. The molecule has 5 nitrogen and oxygen atoms in total. The van der Waals surface area contributed by atoms with Crippen LogP contribution < -0.4 is 11.1 Å². The van der Waals surface area contributed by atoms with Crippen LogP contribution in [0.2, 0.25) is 0 Å². The van der Waals surface area contributed by atoms with Gasteiger partial charge in [-0.3, -0.25) is 9.69 Å². The quantitative estimate of drug-likeness (QED) is 0.902. The number of nitrogens with zero attached hydrogens (tertiary/aromatic N) is 2. The van der Waals surface area contributed by atoms with E-state index in [1.54, 1.807) is 0 Å². The third kappa shape index (κ3) is 3.28. The first kappa shape index (κ1) is 15.0. The van der Waals surface area contributed by atoms with E-state index in [0.717, 1.165) is 25.2 Å². The lowest BCUT2D eigenvalue weighted by molar-refractivity contribution is -0.126. The first-order valence-electron chi connectivity index (χ1n) is 7.42. The Labute approximate surface area is 134 Å². The minimum Gasteiger partial charge on any atom is -0.375 e. The van der Waals surface area contributed by atoms with E-state index in [1.165, 1.54) is 22.5 Å². The number of anilines is 1. The van der Waals surface area contributed by atoms with E-state index in [4.69, 9.17) is 5.73 Å². The Morgan fingerprint density at radius 2 is 2.23 bits per heavy atom. The van der Waals surface area contributed by atoms with Crippen molar-refractivity contribution in [2.75, 3.05) is 12.3 Å². The number of thiazole rings is 1. The number of hydrogen-bond donors (Lipinski definition) is 2. The Morgan fingerprint density at radius 3 is 2.95 bits per heavy atom. The molecule has 1 aromatic carbocycles. The van der Waals surface area contributed by atoms with Gasteiger partial charge in [0, 0.05) is 18.5 Å². The zero-order valence-electron chi connectivity index (χ0n) is 12.6. The molecule has 2 heterocycles. The average Bonchev–Trinajstić information content (AvgIpc) is 2.97. The van der Waals surface area contributed by atoms with Gasteiger partial charge in [-0.2, -0.15) is 0 Å². The monoisotopic (exact) mass is 316 g/mol. The molecule has 1 aliphatic heterocycles. The van der Waals surface area contributed by atoms with E-state index in [0.29, 0.717) is 11.7 Å². The predicted molar refractivity (Wildman–Crippen MR) is 88.4 cm³/mol. The van der Waals surface area contributed by atoms with Crippen molar-refractivity contribution in [3.63, 3.8) is 0 Å². The molecule has 22 heavy (non-hydrogen) atoms. The van der Waals surface area contributed by atoms with E-state index in [1.807, 2.05) is 12.3 Å². The van der Waals surface area contributed by atoms with Gasteiger partial charge >= 0.3 is 0 Å². The molecule has 6 heteroatoms. The number of rotatable bonds is 4. The number of nitrogens with one attached hydrogen (secondary N) is 1. The molecule has 3 N–H and O–H groups in total. The van der Waals surface area contributed by atoms with Crippen LogP contribution >= 0.6 is 11.3 Å². The number of nitrogen functional groups attached to an aromatic ring is 1. The topological polar surface area (TPSA) is 71.2 Å². The molecular formula is C16H20N4OS. The summed E-state index contributed by atoms with van der Waals surface area (Å²) in [5, 5.41) is 5.35. The van der Waals surface area contributed by atoms with Crippen molar-refractivity contribution in [1.82, 2.24) is 15.2 Å². The zero-order chi connectivity index (χ0) is 15.5. The van der Waals surface area contributed by atoms with Crippen LogP contribution in [0.25, 0.3) is 0 Å². The Balaban J connectivity index is 1.57. The van der Waals surface area contributed by atoms with Gasteiger partial charge in [0.2, 0.25) is 5.91 Å². The highest BCUT2D eigenvalue weighted by atomic mass is 32.1. The molecule has 3 rings (SSSR count). The lowest BCUT2D eigenvalue weighted by atomic mass is 9.99. The fraction of sp³-hybridized carbons (Fsp3) is 0.375. The minimum atomic E-state index is -0.149. The molecule has 2 aromatic rings. The van der Waals surface area contributed by atoms with E-state index in [2.05, 4.69) is 39.5 Å². The molecule has 0 aliphatic carbocycles. The molecule has 0 spiro atoms. The van der Waals surface area contributed by atoms with Gasteiger partial charge < -0.3 is 11.1 Å². The predicted octanol–water partition coefficient (Wildman–Crippen LogP) is 1.79. The van der Waals surface area contributed by atoms with Crippen molar-refractivity contribution >= 4 is 22.4 Å². The smallest absolute Gasteiger partial charge is 0.237 e. The van der Waals surface area contributed by atoms with Crippen molar-refractivity contribution in [3.8, 4) is 0 Å². The summed E-state index contributed by atoms with van der Waals surface area (Å²) in [7, 11) is 0. The normalized spacial score (nSPS) is 16.0. The minimum absolute atomic E-state index is 0.0333. The van der Waals surface area contributed by atoms with E-state index in [9.17, 15) is 4.79 Å². The zero-order valence-corrected chi connectivity index (χ0v) is 13.4. The van der Waals surface area contributed by atoms with Crippen molar-refractivity contribution in [2.45, 2.75) is 32.5 Å². The van der Waals surface area contributed by atoms with Crippen molar-refractivity contribution in [2.24, 2.45) is 0 Å². The van der Waals surface area contributed by atoms with Gasteiger partial charge in [0.25, 0.3) is 0 Å². The summed E-state index contributed by atoms with van der Waals surface area (Å²) in [6.45, 7) is 4.13. The van der Waals surface area contributed by atoms with Crippen LogP contribution in [0.4, 0.5) is 5.13 Å². The summed E-state index contributed by atoms with van der Waals surface area (Å²) in [5.41, 5.74) is 9.12. The molecule has 0 fully saturated rings. The molecule has 0 bridgehead atoms. The number of aromatic nitrogens is 1. The van der Waals surface area contributed by atoms with Crippen LogP contribution in [-0.2, 0) is 24.3 Å². The van der Waals surface area contributed by atoms with Crippen LogP contribution in [0.1, 0.15) is 23.7 Å². The molecular weight excluding hydrogens is 296 g/mol. The highest BCUT2D eigenvalue weighted by Crippen LogP contribution is 2.20. The van der Waals surface area contributed by atoms with Gasteiger partial charge in [0.15, 0.2) is 5.13 Å². The van der Waals surface area contributed by atoms with Crippen molar-refractivity contribution in [3.05, 3.63) is 46.5 Å². The van der Waals surface area contributed by atoms with E-state index >= 15 is 0 Å². The van der Waals surface area contributed by atoms with Crippen LogP contribution in [0.15, 0.2) is 29.6 Å². The lowest BCUT2D eigenvalue weighted by Crippen LogP contribution is -2.46. The summed E-state index contributed by atoms with van der Waals surface area (Å²) in [5.74, 6) is 0.0333. The summed E-state index contributed by atoms with van der Waals surface area (Å²) in [4.78, 5) is 18.7. The Kier molecular flexibility index (Phi) is 4.40. The molecule has 1 aliphatic rings. The van der Waals surface area contributed by atoms with Crippen LogP contribution in [0.3, 0.4) is 0 Å². The summed E-state index contributed by atoms with van der Waals surface area (Å²) >= 11 is 1.39. The second kappa shape index (κ2) is 6.46. The first-order chi connectivity index (χ1) is 10.6. The SMILES string of the molecule is C[C@@H](C(=O)NCc1csc(N)n1)N1CCc2ccccc2C1. The third-order valence-electron chi connectivity index (χ3n) is 4.10. The summed E-state index contributed by atoms with van der Waals surface area (Å²) < 4.78 is 0. The molecule has 0 saturated heterocycles. The summed E-state index contributed by atoms with van der Waals surface area (Å²) in [6.07, 6.45) is 0.996. The fourth-order valence-corrected chi connectivity index (χ4v) is 3.31.